The molecule has 0 aromatic heterocycles. The molecule has 19 heavy (non-hydrogen) atoms. The second-order valence-electron chi connectivity index (χ2n) is 5.98. The van der Waals surface area contributed by atoms with E-state index in [-0.39, 0.29) is 17.8 Å². The number of carboxylic acid groups (broad SMARTS) is 1. The lowest BCUT2D eigenvalue weighted by atomic mass is 9.68. The summed E-state index contributed by atoms with van der Waals surface area (Å²) in [5.74, 6) is -0.613. The van der Waals surface area contributed by atoms with Gasteiger partial charge < -0.3 is 9.84 Å². The van der Waals surface area contributed by atoms with E-state index in [1.165, 1.54) is 29.5 Å². The fourth-order valence-electron chi connectivity index (χ4n) is 3.40. The van der Waals surface area contributed by atoms with Crippen LogP contribution in [0, 0.1) is 5.92 Å². The largest absolute Gasteiger partial charge is 0.481 e. The molecule has 3 nitrogen and oxygen atoms in total. The summed E-state index contributed by atoms with van der Waals surface area (Å²) in [6, 6.07) is 6.71. The van der Waals surface area contributed by atoms with E-state index in [1.807, 2.05) is 6.92 Å². The lowest BCUT2D eigenvalue weighted by Crippen LogP contribution is -2.52. The minimum atomic E-state index is -0.722. The van der Waals surface area contributed by atoms with Crippen LogP contribution in [-0.2, 0) is 27.8 Å². The minimum Gasteiger partial charge on any atom is -0.481 e. The van der Waals surface area contributed by atoms with Gasteiger partial charge in [-0.15, -0.1) is 0 Å². The van der Waals surface area contributed by atoms with Crippen LogP contribution in [0.1, 0.15) is 36.5 Å². The van der Waals surface area contributed by atoms with Gasteiger partial charge in [-0.1, -0.05) is 25.1 Å². The van der Waals surface area contributed by atoms with Crippen molar-refractivity contribution < 1.29 is 14.6 Å². The second-order valence-corrected chi connectivity index (χ2v) is 5.98. The third-order valence-electron chi connectivity index (χ3n) is 4.82. The number of ether oxygens (including phenoxy) is 1. The van der Waals surface area contributed by atoms with E-state index in [0.717, 1.165) is 6.42 Å². The van der Waals surface area contributed by atoms with Crippen molar-refractivity contribution in [1.82, 2.24) is 0 Å². The molecule has 0 spiro atoms. The van der Waals surface area contributed by atoms with E-state index in [2.05, 4.69) is 18.2 Å². The van der Waals surface area contributed by atoms with Gasteiger partial charge >= 0.3 is 5.97 Å². The van der Waals surface area contributed by atoms with Crippen molar-refractivity contribution in [3.63, 3.8) is 0 Å². The summed E-state index contributed by atoms with van der Waals surface area (Å²) < 4.78 is 5.42. The van der Waals surface area contributed by atoms with Gasteiger partial charge in [-0.2, -0.15) is 0 Å². The molecule has 1 aromatic rings. The number of hydrogen-bond acceptors (Lipinski definition) is 2. The van der Waals surface area contributed by atoms with E-state index in [0.29, 0.717) is 13.2 Å². The molecular formula is C16H20O3. The Morgan fingerprint density at radius 3 is 2.74 bits per heavy atom. The molecule has 1 fully saturated rings. The molecule has 1 unspecified atom stereocenters. The molecule has 102 valence electrons. The van der Waals surface area contributed by atoms with E-state index in [9.17, 15) is 4.79 Å². The van der Waals surface area contributed by atoms with Crippen molar-refractivity contribution in [2.24, 2.45) is 5.92 Å². The van der Waals surface area contributed by atoms with Gasteiger partial charge in [0.2, 0.25) is 0 Å². The number of benzene rings is 1. The first-order chi connectivity index (χ1) is 9.12. The maximum Gasteiger partial charge on any atom is 0.303 e. The molecule has 0 saturated carbocycles. The minimum absolute atomic E-state index is 0.0873. The highest BCUT2D eigenvalue weighted by Crippen LogP contribution is 2.42. The van der Waals surface area contributed by atoms with Crippen molar-refractivity contribution in [1.29, 1.82) is 0 Å². The topological polar surface area (TPSA) is 46.5 Å². The van der Waals surface area contributed by atoms with Crippen molar-refractivity contribution in [2.45, 2.75) is 38.0 Å². The Balaban J connectivity index is 1.91. The number of rotatable bonds is 4. The highest BCUT2D eigenvalue weighted by Gasteiger charge is 2.45. The molecule has 1 atom stereocenters. The van der Waals surface area contributed by atoms with E-state index < -0.39 is 5.97 Å². The Morgan fingerprint density at radius 1 is 1.37 bits per heavy atom. The van der Waals surface area contributed by atoms with Crippen molar-refractivity contribution in [3.05, 3.63) is 34.9 Å². The van der Waals surface area contributed by atoms with Gasteiger partial charge in [-0.05, 0) is 41.9 Å². The first kappa shape index (κ1) is 12.7. The van der Waals surface area contributed by atoms with E-state index in [4.69, 9.17) is 9.84 Å². The first-order valence-corrected chi connectivity index (χ1v) is 7.04. The molecule has 3 rings (SSSR count). The Hall–Kier alpha value is -1.35. The number of fused-ring (bicyclic) bond motifs is 1. The Kier molecular flexibility index (Phi) is 3.09. The van der Waals surface area contributed by atoms with Gasteiger partial charge in [0.15, 0.2) is 0 Å². The zero-order chi connectivity index (χ0) is 13.5. The third-order valence-corrected chi connectivity index (χ3v) is 4.82. The average molecular weight is 260 g/mol. The molecule has 1 saturated heterocycles. The zero-order valence-electron chi connectivity index (χ0n) is 11.3. The average Bonchev–Trinajstić information content (AvgIpc) is 2.73. The van der Waals surface area contributed by atoms with Crippen LogP contribution < -0.4 is 0 Å². The van der Waals surface area contributed by atoms with Crippen LogP contribution in [0.3, 0.4) is 0 Å². The Morgan fingerprint density at radius 2 is 2.11 bits per heavy atom. The Labute approximate surface area is 113 Å². The summed E-state index contributed by atoms with van der Waals surface area (Å²) >= 11 is 0. The monoisotopic (exact) mass is 260 g/mol. The van der Waals surface area contributed by atoms with Gasteiger partial charge in [-0.3, -0.25) is 4.79 Å². The van der Waals surface area contributed by atoms with E-state index in [1.54, 1.807) is 0 Å². The van der Waals surface area contributed by atoms with Gasteiger partial charge in [0, 0.05) is 11.8 Å². The predicted molar refractivity (Wildman–Crippen MR) is 72.4 cm³/mol. The standard InChI is InChI=1S/C16H20O3/c1-11(7-15(17)18)16(9-19-10-16)14-6-5-12-3-2-4-13(12)8-14/h5-6,8,11H,2-4,7,9-10H2,1H3,(H,17,18). The molecule has 1 aliphatic heterocycles. The highest BCUT2D eigenvalue weighted by atomic mass is 16.5. The quantitative estimate of drug-likeness (QED) is 0.905. The van der Waals surface area contributed by atoms with Crippen LogP contribution in [0.2, 0.25) is 0 Å². The Bertz CT molecular complexity index is 503. The van der Waals surface area contributed by atoms with Crippen LogP contribution in [-0.4, -0.2) is 24.3 Å². The van der Waals surface area contributed by atoms with Gasteiger partial charge in [-0.25, -0.2) is 0 Å². The molecule has 0 bridgehead atoms. The van der Waals surface area contributed by atoms with Crippen molar-refractivity contribution in [3.8, 4) is 0 Å². The van der Waals surface area contributed by atoms with Crippen LogP contribution in [0.5, 0.6) is 0 Å². The summed E-state index contributed by atoms with van der Waals surface area (Å²) in [6.07, 6.45) is 3.80. The number of hydrogen-bond donors (Lipinski definition) is 1. The summed E-state index contributed by atoms with van der Waals surface area (Å²) in [6.45, 7) is 3.34. The predicted octanol–water partition coefficient (Wildman–Crippen LogP) is 2.55. The molecule has 1 aliphatic carbocycles. The molecule has 1 aromatic carbocycles. The van der Waals surface area contributed by atoms with Crippen LogP contribution in [0.25, 0.3) is 0 Å². The van der Waals surface area contributed by atoms with E-state index >= 15 is 0 Å². The van der Waals surface area contributed by atoms with Crippen LogP contribution >= 0.6 is 0 Å². The highest BCUT2D eigenvalue weighted by molar-refractivity contribution is 5.67. The summed E-state index contributed by atoms with van der Waals surface area (Å²) in [7, 11) is 0. The molecular weight excluding hydrogens is 240 g/mol. The first-order valence-electron chi connectivity index (χ1n) is 7.04. The normalized spacial score (nSPS) is 21.5. The van der Waals surface area contributed by atoms with Gasteiger partial charge in [0.05, 0.1) is 13.2 Å². The van der Waals surface area contributed by atoms with Gasteiger partial charge in [0.25, 0.3) is 0 Å². The third kappa shape index (κ3) is 2.06. The molecule has 3 heteroatoms. The zero-order valence-corrected chi connectivity index (χ0v) is 11.3. The maximum absolute atomic E-state index is 11.0. The summed E-state index contributed by atoms with van der Waals surface area (Å²) in [5.41, 5.74) is 4.10. The fraction of sp³-hybridized carbons (Fsp3) is 0.562. The molecule has 2 aliphatic rings. The van der Waals surface area contributed by atoms with Gasteiger partial charge in [0.1, 0.15) is 0 Å². The number of aliphatic carboxylic acids is 1. The summed E-state index contributed by atoms with van der Waals surface area (Å²) in [4.78, 5) is 11.0. The molecule has 1 N–H and O–H groups in total. The SMILES string of the molecule is CC(CC(=O)O)C1(c2ccc3c(c2)CCC3)COC1. The molecule has 0 radical (unpaired) electrons. The molecule has 1 heterocycles. The lowest BCUT2D eigenvalue weighted by molar-refractivity contribution is -0.142. The lowest BCUT2D eigenvalue weighted by Gasteiger charge is -2.46. The number of carbonyl (C=O) groups is 1. The second kappa shape index (κ2) is 4.64. The number of aryl methyl sites for hydroxylation is 2. The number of carboxylic acids is 1. The molecule has 0 amide bonds. The van der Waals surface area contributed by atoms with Crippen LogP contribution in [0.15, 0.2) is 18.2 Å². The summed E-state index contributed by atoms with van der Waals surface area (Å²) in [5, 5.41) is 9.03. The van der Waals surface area contributed by atoms with Crippen LogP contribution in [0.4, 0.5) is 0 Å². The smallest absolute Gasteiger partial charge is 0.303 e. The fourth-order valence-corrected chi connectivity index (χ4v) is 3.40. The maximum atomic E-state index is 11.0. The van der Waals surface area contributed by atoms with Crippen molar-refractivity contribution in [2.75, 3.05) is 13.2 Å². The van der Waals surface area contributed by atoms with Crippen molar-refractivity contribution >= 4 is 5.97 Å².